The minimum atomic E-state index is -0.451. The topological polar surface area (TPSA) is 26.3 Å². The molecule has 0 aromatic heterocycles. The summed E-state index contributed by atoms with van der Waals surface area (Å²) in [5.74, 6) is 5.57. The van der Waals surface area contributed by atoms with Crippen LogP contribution in [0, 0.1) is 41.9 Å². The maximum absolute atomic E-state index is 11.3. The molecule has 0 saturated heterocycles. The average molecular weight is 551 g/mol. The molecule has 2 aromatic carbocycles. The van der Waals surface area contributed by atoms with Crippen molar-refractivity contribution >= 4 is 5.97 Å². The Morgan fingerprint density at radius 2 is 1.23 bits per heavy atom. The van der Waals surface area contributed by atoms with Gasteiger partial charge in [-0.15, -0.1) is 0 Å². The monoisotopic (exact) mass is 550 g/mol. The summed E-state index contributed by atoms with van der Waals surface area (Å²) in [7, 11) is 0. The maximum Gasteiger partial charge on any atom is 0.339 e. The zero-order valence-corrected chi connectivity index (χ0v) is 28.1. The molecule has 6 rings (SSSR count). The van der Waals surface area contributed by atoms with Crippen molar-refractivity contribution in [2.75, 3.05) is 0 Å². The van der Waals surface area contributed by atoms with Crippen molar-refractivity contribution in [3.63, 3.8) is 0 Å². The van der Waals surface area contributed by atoms with Crippen LogP contribution in [-0.4, -0.2) is 5.97 Å². The fraction of sp³-hybridized carbons (Fsp3) is 0.658. The standard InChI is InChI=1S/C11H18.C10H10O2.C7H8.C5H12.C3H8.C2H6/c1-7-4-10-8-2-3-9(6-8)11(10)5-7;1-10(2)8-6-4-3-5-7(8)9(11)12-10;1-7-5-3-2-4-6-7;1-5(2,3)4;1-3-2;1-2/h7-11H,2-6H2,1H3;3-6H,1-2H3;2-6H,1H3;1-4H3;3H2,1-2H3;1-2H3. The van der Waals surface area contributed by atoms with Crippen molar-refractivity contribution in [1.29, 1.82) is 0 Å². The number of benzene rings is 2. The second-order valence-corrected chi connectivity index (χ2v) is 14.0. The highest BCUT2D eigenvalue weighted by atomic mass is 16.6. The first-order valence-corrected chi connectivity index (χ1v) is 16.1. The molecule has 0 spiro atoms. The SMILES string of the molecule is CC.CC(C)(C)C.CC1(C)OC(=O)c2ccccc21.CC1CC2C3CCC(C3)C2C1.CCC.Cc1ccccc1. The van der Waals surface area contributed by atoms with Gasteiger partial charge in [0.15, 0.2) is 0 Å². The largest absolute Gasteiger partial charge is 0.451 e. The van der Waals surface area contributed by atoms with Crippen LogP contribution in [0.1, 0.15) is 136 Å². The van der Waals surface area contributed by atoms with Gasteiger partial charge in [-0.2, -0.15) is 0 Å². The molecule has 3 saturated carbocycles. The Kier molecular flexibility index (Phi) is 15.3. The number of hydrogen-bond acceptors (Lipinski definition) is 2. The summed E-state index contributed by atoms with van der Waals surface area (Å²) < 4.78 is 5.18. The molecule has 3 fully saturated rings. The number of carbonyl (C=O) groups excluding carboxylic acids is 1. The fourth-order valence-electron chi connectivity index (χ4n) is 6.35. The first-order chi connectivity index (χ1) is 18.8. The molecule has 1 aliphatic heterocycles. The highest BCUT2D eigenvalue weighted by Crippen LogP contribution is 2.59. The lowest BCUT2D eigenvalue weighted by Gasteiger charge is -2.23. The Labute approximate surface area is 248 Å². The van der Waals surface area contributed by atoms with Gasteiger partial charge < -0.3 is 4.74 Å². The summed E-state index contributed by atoms with van der Waals surface area (Å²) in [6, 6.07) is 17.8. The molecular formula is C38H62O2. The van der Waals surface area contributed by atoms with E-state index in [1.54, 1.807) is 38.2 Å². The summed E-state index contributed by atoms with van der Waals surface area (Å²) in [6.07, 6.45) is 9.18. The number of rotatable bonds is 0. The number of ether oxygens (including phenoxy) is 1. The molecule has 2 heteroatoms. The van der Waals surface area contributed by atoms with Gasteiger partial charge in [-0.1, -0.05) is 123 Å². The average Bonchev–Trinajstić information content (AvgIpc) is 3.63. The van der Waals surface area contributed by atoms with E-state index in [-0.39, 0.29) is 5.97 Å². The zero-order valence-electron chi connectivity index (χ0n) is 28.1. The lowest BCUT2D eigenvalue weighted by Crippen LogP contribution is -2.15. The number of carbonyl (C=O) groups is 1. The molecule has 4 aliphatic rings. The molecule has 0 amide bonds. The predicted molar refractivity (Wildman–Crippen MR) is 175 cm³/mol. The first kappa shape index (κ1) is 35.9. The van der Waals surface area contributed by atoms with Gasteiger partial charge in [0.25, 0.3) is 0 Å². The molecular weight excluding hydrogens is 488 g/mol. The number of cyclic esters (lactones) is 1. The van der Waals surface area contributed by atoms with E-state index in [4.69, 9.17) is 4.74 Å². The van der Waals surface area contributed by atoms with Crippen LogP contribution in [0.15, 0.2) is 54.6 Å². The van der Waals surface area contributed by atoms with Gasteiger partial charge in [0.2, 0.25) is 0 Å². The lowest BCUT2D eigenvalue weighted by molar-refractivity contribution is 0.00954. The van der Waals surface area contributed by atoms with Crippen LogP contribution in [-0.2, 0) is 10.3 Å². The minimum absolute atomic E-state index is 0.212. The Bertz CT molecular complexity index is 944. The normalized spacial score (nSPS) is 25.8. The summed E-state index contributed by atoms with van der Waals surface area (Å²) in [5, 5.41) is 0. The van der Waals surface area contributed by atoms with Crippen molar-refractivity contribution in [3.8, 4) is 0 Å². The molecule has 4 unspecified atom stereocenters. The van der Waals surface area contributed by atoms with Gasteiger partial charge in [0.1, 0.15) is 5.60 Å². The molecule has 2 bridgehead atoms. The number of esters is 1. The third kappa shape index (κ3) is 11.8. The smallest absolute Gasteiger partial charge is 0.339 e. The van der Waals surface area contributed by atoms with E-state index >= 15 is 0 Å². The highest BCUT2D eigenvalue weighted by Gasteiger charge is 2.50. The van der Waals surface area contributed by atoms with E-state index in [2.05, 4.69) is 67.5 Å². The van der Waals surface area contributed by atoms with Crippen LogP contribution < -0.4 is 0 Å². The van der Waals surface area contributed by atoms with Gasteiger partial charge in [-0.3, -0.25) is 0 Å². The van der Waals surface area contributed by atoms with Crippen LogP contribution in [0.3, 0.4) is 0 Å². The second kappa shape index (κ2) is 17.0. The van der Waals surface area contributed by atoms with Gasteiger partial charge in [0.05, 0.1) is 5.56 Å². The molecule has 1 heterocycles. The van der Waals surface area contributed by atoms with Crippen LogP contribution in [0.5, 0.6) is 0 Å². The molecule has 4 atom stereocenters. The third-order valence-electron chi connectivity index (χ3n) is 7.71. The molecule has 2 aromatic rings. The van der Waals surface area contributed by atoms with Crippen LogP contribution in [0.25, 0.3) is 0 Å². The van der Waals surface area contributed by atoms with Crippen LogP contribution in [0.4, 0.5) is 0 Å². The Morgan fingerprint density at radius 1 is 0.800 bits per heavy atom. The van der Waals surface area contributed by atoms with Gasteiger partial charge in [-0.05, 0) is 93.9 Å². The fourth-order valence-corrected chi connectivity index (χ4v) is 6.35. The van der Waals surface area contributed by atoms with Crippen molar-refractivity contribution in [2.24, 2.45) is 35.0 Å². The number of aryl methyl sites for hydroxylation is 1. The van der Waals surface area contributed by atoms with E-state index < -0.39 is 5.60 Å². The number of hydrogen-bond donors (Lipinski definition) is 0. The molecule has 0 radical (unpaired) electrons. The Hall–Kier alpha value is -2.09. The van der Waals surface area contributed by atoms with Crippen molar-refractivity contribution in [3.05, 3.63) is 71.3 Å². The molecule has 226 valence electrons. The zero-order chi connectivity index (χ0) is 30.5. The van der Waals surface area contributed by atoms with E-state index in [0.29, 0.717) is 11.0 Å². The molecule has 0 N–H and O–H groups in total. The van der Waals surface area contributed by atoms with Crippen LogP contribution >= 0.6 is 0 Å². The van der Waals surface area contributed by atoms with E-state index in [1.807, 2.05) is 64.1 Å². The molecule has 40 heavy (non-hydrogen) atoms. The quantitative estimate of drug-likeness (QED) is 0.305. The van der Waals surface area contributed by atoms with Gasteiger partial charge in [0, 0.05) is 5.56 Å². The molecule has 3 aliphatic carbocycles. The minimum Gasteiger partial charge on any atom is -0.451 e. The van der Waals surface area contributed by atoms with Crippen molar-refractivity contribution in [2.45, 2.75) is 127 Å². The summed E-state index contributed by atoms with van der Waals surface area (Å²) in [4.78, 5) is 11.3. The number of fused-ring (bicyclic) bond motifs is 6. The van der Waals surface area contributed by atoms with Gasteiger partial charge >= 0.3 is 5.97 Å². The summed E-state index contributed by atoms with van der Waals surface area (Å²) in [6.45, 7) is 25.3. The highest BCUT2D eigenvalue weighted by molar-refractivity contribution is 5.94. The summed E-state index contributed by atoms with van der Waals surface area (Å²) >= 11 is 0. The summed E-state index contributed by atoms with van der Waals surface area (Å²) in [5.41, 5.74) is 3.05. The van der Waals surface area contributed by atoms with E-state index in [9.17, 15) is 4.79 Å². The predicted octanol–water partition coefficient (Wildman–Crippen LogP) is 11.7. The van der Waals surface area contributed by atoms with Crippen molar-refractivity contribution < 1.29 is 9.53 Å². The third-order valence-corrected chi connectivity index (χ3v) is 7.71. The van der Waals surface area contributed by atoms with Crippen LogP contribution in [0.2, 0.25) is 0 Å². The second-order valence-electron chi connectivity index (χ2n) is 14.0. The molecule has 2 nitrogen and oxygen atoms in total. The van der Waals surface area contributed by atoms with E-state index in [1.165, 1.54) is 35.7 Å². The maximum atomic E-state index is 11.3. The Balaban J connectivity index is 0.000000264. The van der Waals surface area contributed by atoms with Gasteiger partial charge in [-0.25, -0.2) is 4.79 Å². The first-order valence-electron chi connectivity index (χ1n) is 16.1. The van der Waals surface area contributed by atoms with E-state index in [0.717, 1.165) is 11.5 Å². The Morgan fingerprint density at radius 3 is 1.62 bits per heavy atom. The lowest BCUT2D eigenvalue weighted by atomic mass is 9.82. The van der Waals surface area contributed by atoms with Crippen molar-refractivity contribution in [1.82, 2.24) is 0 Å².